The molecular formula is C10H17IN2O2. The molecule has 0 radical (unpaired) electrons. The van der Waals surface area contributed by atoms with Crippen molar-refractivity contribution in [3.05, 3.63) is 12.2 Å². The Bertz CT molecular complexity index is 246. The summed E-state index contributed by atoms with van der Waals surface area (Å²) in [5.74, 6) is 0.0865. The van der Waals surface area contributed by atoms with Crippen LogP contribution in [0.2, 0.25) is 0 Å². The molecule has 86 valence electrons. The Labute approximate surface area is 105 Å². The van der Waals surface area contributed by atoms with Crippen LogP contribution in [0.3, 0.4) is 0 Å². The van der Waals surface area contributed by atoms with E-state index in [1.54, 1.807) is 19.3 Å². The van der Waals surface area contributed by atoms with Crippen molar-refractivity contribution in [3.63, 3.8) is 0 Å². The number of nitrogens with zero attached hydrogens (tertiary/aromatic N) is 2. The summed E-state index contributed by atoms with van der Waals surface area (Å²) in [6, 6.07) is 0.430. The van der Waals surface area contributed by atoms with E-state index in [1.807, 2.05) is 4.90 Å². The number of halogens is 1. The molecule has 1 fully saturated rings. The maximum atomic E-state index is 11.7. The molecule has 0 unspecified atom stereocenters. The van der Waals surface area contributed by atoms with Crippen molar-refractivity contribution in [2.75, 3.05) is 33.4 Å². The standard InChI is InChI=1S/C10H17IN2O2/c1-9-8-12(5-6-13(9)11)10(14)4-3-7-15-2/h3-4,9H,5-8H2,1-2H3/b4-3+/t9-/m0/s1. The number of amides is 1. The molecule has 5 heteroatoms. The molecule has 1 aliphatic heterocycles. The van der Waals surface area contributed by atoms with E-state index in [2.05, 4.69) is 32.9 Å². The maximum Gasteiger partial charge on any atom is 0.246 e. The molecule has 0 bridgehead atoms. The molecule has 15 heavy (non-hydrogen) atoms. The zero-order valence-corrected chi connectivity index (χ0v) is 11.3. The maximum absolute atomic E-state index is 11.7. The number of methoxy groups -OCH3 is 1. The first-order valence-electron chi connectivity index (χ1n) is 5.02. The van der Waals surface area contributed by atoms with Gasteiger partial charge in [0.25, 0.3) is 0 Å². The minimum atomic E-state index is 0.0865. The second-order valence-corrected chi connectivity index (χ2v) is 4.85. The Hall–Kier alpha value is -0.140. The van der Waals surface area contributed by atoms with Crippen LogP contribution in [0.5, 0.6) is 0 Å². The van der Waals surface area contributed by atoms with Gasteiger partial charge in [-0.05, 0) is 6.92 Å². The van der Waals surface area contributed by atoms with E-state index >= 15 is 0 Å². The van der Waals surface area contributed by atoms with Gasteiger partial charge >= 0.3 is 0 Å². The summed E-state index contributed by atoms with van der Waals surface area (Å²) in [5.41, 5.74) is 0. The van der Waals surface area contributed by atoms with Gasteiger partial charge in [0, 0.05) is 61.7 Å². The molecule has 4 nitrogen and oxygen atoms in total. The van der Waals surface area contributed by atoms with Gasteiger partial charge in [-0.25, -0.2) is 3.11 Å². The molecule has 1 amide bonds. The molecule has 0 spiro atoms. The number of hydrogen-bond acceptors (Lipinski definition) is 3. The Morgan fingerprint density at radius 3 is 2.93 bits per heavy atom. The fourth-order valence-corrected chi connectivity index (χ4v) is 1.88. The monoisotopic (exact) mass is 324 g/mol. The van der Waals surface area contributed by atoms with Crippen LogP contribution in [0.15, 0.2) is 12.2 Å². The molecule has 0 aliphatic carbocycles. The van der Waals surface area contributed by atoms with Crippen molar-refractivity contribution >= 4 is 28.8 Å². The molecular weight excluding hydrogens is 307 g/mol. The van der Waals surface area contributed by atoms with Gasteiger partial charge in [-0.2, -0.15) is 0 Å². The topological polar surface area (TPSA) is 32.8 Å². The normalized spacial score (nSPS) is 23.7. The molecule has 1 heterocycles. The van der Waals surface area contributed by atoms with E-state index in [-0.39, 0.29) is 5.91 Å². The average Bonchev–Trinajstić information content (AvgIpc) is 2.22. The third-order valence-electron chi connectivity index (χ3n) is 2.38. The molecule has 0 N–H and O–H groups in total. The molecule has 0 saturated carbocycles. The van der Waals surface area contributed by atoms with E-state index in [0.717, 1.165) is 19.6 Å². The smallest absolute Gasteiger partial charge is 0.246 e. The minimum absolute atomic E-state index is 0.0865. The van der Waals surface area contributed by atoms with Gasteiger partial charge in [-0.3, -0.25) is 4.79 Å². The molecule has 1 rings (SSSR count). The van der Waals surface area contributed by atoms with Crippen LogP contribution in [0.25, 0.3) is 0 Å². The zero-order chi connectivity index (χ0) is 11.3. The highest BCUT2D eigenvalue weighted by atomic mass is 127. The Morgan fingerprint density at radius 2 is 2.33 bits per heavy atom. The van der Waals surface area contributed by atoms with Crippen LogP contribution < -0.4 is 0 Å². The zero-order valence-electron chi connectivity index (χ0n) is 9.15. The summed E-state index contributed by atoms with van der Waals surface area (Å²) in [6.07, 6.45) is 3.35. The highest BCUT2D eigenvalue weighted by Crippen LogP contribution is 2.13. The van der Waals surface area contributed by atoms with Gasteiger partial charge in [0.15, 0.2) is 0 Å². The number of hydrogen-bond donors (Lipinski definition) is 0. The highest BCUT2D eigenvalue weighted by molar-refractivity contribution is 14.1. The van der Waals surface area contributed by atoms with E-state index < -0.39 is 0 Å². The van der Waals surface area contributed by atoms with Crippen LogP contribution in [-0.2, 0) is 9.53 Å². The molecule has 0 aromatic rings. The minimum Gasteiger partial charge on any atom is -0.381 e. The lowest BCUT2D eigenvalue weighted by Gasteiger charge is -2.35. The van der Waals surface area contributed by atoms with Gasteiger partial charge in [0.1, 0.15) is 0 Å². The second kappa shape index (κ2) is 6.44. The first-order chi connectivity index (χ1) is 7.15. The average molecular weight is 324 g/mol. The second-order valence-electron chi connectivity index (χ2n) is 3.61. The molecule has 0 aromatic heterocycles. The number of carbonyl (C=O) groups excluding carboxylic acids is 1. The lowest BCUT2D eigenvalue weighted by Crippen LogP contribution is -2.49. The van der Waals surface area contributed by atoms with Gasteiger partial charge in [-0.1, -0.05) is 6.08 Å². The van der Waals surface area contributed by atoms with Crippen LogP contribution in [0.1, 0.15) is 6.92 Å². The van der Waals surface area contributed by atoms with Gasteiger partial charge in [-0.15, -0.1) is 0 Å². The summed E-state index contributed by atoms with van der Waals surface area (Å²) < 4.78 is 7.09. The lowest BCUT2D eigenvalue weighted by atomic mass is 10.2. The highest BCUT2D eigenvalue weighted by Gasteiger charge is 2.23. The largest absolute Gasteiger partial charge is 0.381 e. The Morgan fingerprint density at radius 1 is 1.60 bits per heavy atom. The van der Waals surface area contributed by atoms with Crippen LogP contribution in [0.4, 0.5) is 0 Å². The number of ether oxygens (including phenoxy) is 1. The number of carbonyl (C=O) groups is 1. The van der Waals surface area contributed by atoms with E-state index in [9.17, 15) is 4.79 Å². The fourth-order valence-electron chi connectivity index (χ4n) is 1.49. The summed E-state index contributed by atoms with van der Waals surface area (Å²) >= 11 is 2.31. The van der Waals surface area contributed by atoms with Crippen LogP contribution in [0, 0.1) is 0 Å². The van der Waals surface area contributed by atoms with Gasteiger partial charge in [0.05, 0.1) is 6.61 Å². The summed E-state index contributed by atoms with van der Waals surface area (Å²) in [6.45, 7) is 5.17. The quantitative estimate of drug-likeness (QED) is 0.442. The van der Waals surface area contributed by atoms with Crippen LogP contribution >= 0.6 is 22.9 Å². The molecule has 1 saturated heterocycles. The third-order valence-corrected chi connectivity index (χ3v) is 3.81. The van der Waals surface area contributed by atoms with E-state index in [1.165, 1.54) is 0 Å². The van der Waals surface area contributed by atoms with E-state index in [4.69, 9.17) is 4.74 Å². The third kappa shape index (κ3) is 4.08. The van der Waals surface area contributed by atoms with E-state index in [0.29, 0.717) is 12.6 Å². The molecule has 0 aromatic carbocycles. The van der Waals surface area contributed by atoms with Crippen molar-refractivity contribution in [2.45, 2.75) is 13.0 Å². The predicted molar refractivity (Wildman–Crippen MR) is 67.8 cm³/mol. The Balaban J connectivity index is 2.40. The summed E-state index contributed by atoms with van der Waals surface area (Å²) in [4.78, 5) is 13.6. The summed E-state index contributed by atoms with van der Waals surface area (Å²) in [5, 5.41) is 0. The van der Waals surface area contributed by atoms with Crippen molar-refractivity contribution in [3.8, 4) is 0 Å². The first kappa shape index (κ1) is 12.9. The first-order valence-corrected chi connectivity index (χ1v) is 5.98. The predicted octanol–water partition coefficient (Wildman–Crippen LogP) is 1.07. The van der Waals surface area contributed by atoms with Crippen molar-refractivity contribution in [1.82, 2.24) is 8.01 Å². The molecule has 1 aliphatic rings. The number of rotatable bonds is 3. The van der Waals surface area contributed by atoms with Crippen molar-refractivity contribution < 1.29 is 9.53 Å². The van der Waals surface area contributed by atoms with Crippen LogP contribution in [-0.4, -0.2) is 53.3 Å². The van der Waals surface area contributed by atoms with Gasteiger partial charge in [0.2, 0.25) is 5.91 Å². The van der Waals surface area contributed by atoms with Crippen molar-refractivity contribution in [1.29, 1.82) is 0 Å². The van der Waals surface area contributed by atoms with Gasteiger partial charge < -0.3 is 9.64 Å². The SMILES string of the molecule is COC/C=C/C(=O)N1CCN(I)[C@@H](C)C1. The van der Waals surface area contributed by atoms with Crippen molar-refractivity contribution in [2.24, 2.45) is 0 Å². The lowest BCUT2D eigenvalue weighted by molar-refractivity contribution is -0.127. The Kier molecular flexibility index (Phi) is 5.55. The number of piperazine rings is 1. The fraction of sp³-hybridized carbons (Fsp3) is 0.700. The molecule has 1 atom stereocenters. The summed E-state index contributed by atoms with van der Waals surface area (Å²) in [7, 11) is 1.62.